The lowest BCUT2D eigenvalue weighted by Crippen LogP contribution is -2.11. The molecule has 3 aromatic rings. The molecule has 1 heterocycles. The summed E-state index contributed by atoms with van der Waals surface area (Å²) >= 11 is 0. The van der Waals surface area contributed by atoms with Gasteiger partial charge in [-0.25, -0.2) is 4.39 Å². The van der Waals surface area contributed by atoms with Crippen LogP contribution in [-0.4, -0.2) is 5.90 Å². The molecular weight excluding hydrogens is 402 g/mol. The van der Waals surface area contributed by atoms with Crippen molar-refractivity contribution in [3.8, 4) is 17.2 Å². The molecule has 154 valence electrons. The van der Waals surface area contributed by atoms with Gasteiger partial charge >= 0.3 is 6.18 Å². The maximum absolute atomic E-state index is 13.4. The van der Waals surface area contributed by atoms with E-state index in [9.17, 15) is 17.6 Å². The Bertz CT molecular complexity index is 1050. The fraction of sp³-hybridized carbons (Fsp3) is 0.136. The summed E-state index contributed by atoms with van der Waals surface area (Å²) in [5.74, 6) is -0.0805. The zero-order valence-corrected chi connectivity index (χ0v) is 15.4. The van der Waals surface area contributed by atoms with Crippen molar-refractivity contribution in [2.24, 2.45) is 5.16 Å². The molecule has 0 saturated heterocycles. The van der Waals surface area contributed by atoms with Gasteiger partial charge in [0, 0.05) is 0 Å². The van der Waals surface area contributed by atoms with Crippen LogP contribution in [0.5, 0.6) is 17.2 Å². The first-order chi connectivity index (χ1) is 14.4. The maximum Gasteiger partial charge on any atom is 0.419 e. The highest BCUT2D eigenvalue weighted by molar-refractivity contribution is 5.80. The number of hydrogen-bond acceptors (Lipinski definition) is 4. The minimum Gasteiger partial charge on any atom is -0.457 e. The topological polar surface area (TPSA) is 40.0 Å². The van der Waals surface area contributed by atoms with Crippen LogP contribution in [0.1, 0.15) is 23.7 Å². The van der Waals surface area contributed by atoms with Gasteiger partial charge in [0.15, 0.2) is 6.10 Å². The van der Waals surface area contributed by atoms with E-state index in [0.717, 1.165) is 11.6 Å². The predicted octanol–water partition coefficient (Wildman–Crippen LogP) is 6.49. The lowest BCUT2D eigenvalue weighted by molar-refractivity contribution is -0.140. The number of para-hydroxylation sites is 1. The summed E-state index contributed by atoms with van der Waals surface area (Å²) < 4.78 is 63.0. The van der Waals surface area contributed by atoms with Crippen molar-refractivity contribution in [1.29, 1.82) is 0 Å². The number of alkyl halides is 3. The van der Waals surface area contributed by atoms with E-state index in [0.29, 0.717) is 23.6 Å². The van der Waals surface area contributed by atoms with Gasteiger partial charge in [0.2, 0.25) is 5.90 Å². The minimum atomic E-state index is -4.82. The van der Waals surface area contributed by atoms with Crippen LogP contribution < -0.4 is 9.47 Å². The summed E-state index contributed by atoms with van der Waals surface area (Å²) in [4.78, 5) is 5.33. The Morgan fingerprint density at radius 3 is 2.20 bits per heavy atom. The minimum absolute atomic E-state index is 0.101. The van der Waals surface area contributed by atoms with Crippen molar-refractivity contribution in [3.63, 3.8) is 0 Å². The van der Waals surface area contributed by atoms with Crippen molar-refractivity contribution in [3.05, 3.63) is 89.7 Å². The molecule has 0 fully saturated rings. The largest absolute Gasteiger partial charge is 0.457 e. The highest BCUT2D eigenvalue weighted by Crippen LogP contribution is 2.35. The van der Waals surface area contributed by atoms with E-state index in [2.05, 4.69) is 5.16 Å². The van der Waals surface area contributed by atoms with Gasteiger partial charge in [0.25, 0.3) is 0 Å². The molecule has 3 aromatic carbocycles. The fourth-order valence-corrected chi connectivity index (χ4v) is 2.89. The van der Waals surface area contributed by atoms with Crippen LogP contribution in [0.3, 0.4) is 0 Å². The number of benzene rings is 3. The van der Waals surface area contributed by atoms with Crippen LogP contribution in [0.15, 0.2) is 78.0 Å². The van der Waals surface area contributed by atoms with Gasteiger partial charge in [-0.1, -0.05) is 35.5 Å². The molecule has 1 aliphatic heterocycles. The second-order valence-electron chi connectivity index (χ2n) is 6.51. The van der Waals surface area contributed by atoms with Gasteiger partial charge in [-0.15, -0.1) is 0 Å². The number of halogens is 4. The average molecular weight is 417 g/mol. The Kier molecular flexibility index (Phi) is 5.31. The number of ether oxygens (including phenoxy) is 2. The Hall–Kier alpha value is -3.55. The Morgan fingerprint density at radius 1 is 0.833 bits per heavy atom. The summed E-state index contributed by atoms with van der Waals surface area (Å²) in [7, 11) is 0. The van der Waals surface area contributed by atoms with Gasteiger partial charge in [0.05, 0.1) is 12.0 Å². The quantitative estimate of drug-likeness (QED) is 0.456. The van der Waals surface area contributed by atoms with Gasteiger partial charge in [-0.05, 0) is 48.0 Å². The number of nitrogens with zero attached hydrogens (tertiary/aromatic N) is 1. The van der Waals surface area contributed by atoms with Crippen LogP contribution in [-0.2, 0) is 11.0 Å². The molecule has 30 heavy (non-hydrogen) atoms. The molecule has 0 bridgehead atoms. The molecule has 0 amide bonds. The molecule has 1 aliphatic rings. The zero-order valence-electron chi connectivity index (χ0n) is 15.4. The third-order valence-corrected chi connectivity index (χ3v) is 4.35. The maximum atomic E-state index is 13.4. The Labute approximate surface area is 169 Å². The van der Waals surface area contributed by atoms with E-state index in [1.165, 1.54) is 0 Å². The molecule has 0 unspecified atom stereocenters. The van der Waals surface area contributed by atoms with Crippen LogP contribution >= 0.6 is 0 Å². The monoisotopic (exact) mass is 417 g/mol. The third kappa shape index (κ3) is 4.53. The smallest absolute Gasteiger partial charge is 0.419 e. The molecule has 4 nitrogen and oxygen atoms in total. The Balaban J connectivity index is 1.39. The average Bonchev–Trinajstić information content (AvgIpc) is 3.18. The van der Waals surface area contributed by atoms with Crippen molar-refractivity contribution < 1.29 is 31.9 Å². The SMILES string of the molecule is Fc1ccc(OC2=NO[C@@H](c3ccc(Oc4ccccc4)cc3)C2)cc1C(F)(F)F. The van der Waals surface area contributed by atoms with E-state index in [1.54, 1.807) is 24.3 Å². The fourth-order valence-electron chi connectivity index (χ4n) is 2.89. The molecule has 0 spiro atoms. The van der Waals surface area contributed by atoms with Crippen molar-refractivity contribution >= 4 is 5.90 Å². The second kappa shape index (κ2) is 8.06. The summed E-state index contributed by atoms with van der Waals surface area (Å²) in [6.45, 7) is 0. The molecule has 0 N–H and O–H groups in total. The van der Waals surface area contributed by atoms with Crippen LogP contribution in [0.4, 0.5) is 17.6 Å². The first kappa shape index (κ1) is 19.8. The normalized spacial score (nSPS) is 16.0. The van der Waals surface area contributed by atoms with Crippen molar-refractivity contribution in [2.45, 2.75) is 18.7 Å². The van der Waals surface area contributed by atoms with E-state index in [1.807, 2.05) is 30.3 Å². The number of oxime groups is 1. The third-order valence-electron chi connectivity index (χ3n) is 4.35. The lowest BCUT2D eigenvalue weighted by atomic mass is 10.1. The highest BCUT2D eigenvalue weighted by atomic mass is 19.4. The molecule has 8 heteroatoms. The molecule has 0 aromatic heterocycles. The predicted molar refractivity (Wildman–Crippen MR) is 101 cm³/mol. The summed E-state index contributed by atoms with van der Waals surface area (Å²) in [6.07, 6.45) is -5.05. The van der Waals surface area contributed by atoms with E-state index < -0.39 is 23.7 Å². The van der Waals surface area contributed by atoms with Crippen LogP contribution in [0.25, 0.3) is 0 Å². The molecule has 0 aliphatic carbocycles. The summed E-state index contributed by atoms with van der Waals surface area (Å²) in [5.41, 5.74) is -0.599. The first-order valence-electron chi connectivity index (χ1n) is 8.98. The lowest BCUT2D eigenvalue weighted by Gasteiger charge is -2.11. The molecule has 4 rings (SSSR count). The van der Waals surface area contributed by atoms with Crippen LogP contribution in [0.2, 0.25) is 0 Å². The molecule has 0 saturated carbocycles. The zero-order chi connectivity index (χ0) is 21.1. The first-order valence-corrected chi connectivity index (χ1v) is 8.98. The number of hydrogen-bond donors (Lipinski definition) is 0. The number of rotatable bonds is 4. The van der Waals surface area contributed by atoms with E-state index in [-0.39, 0.29) is 18.1 Å². The highest BCUT2D eigenvalue weighted by Gasteiger charge is 2.35. The van der Waals surface area contributed by atoms with Gasteiger partial charge in [0.1, 0.15) is 23.1 Å². The van der Waals surface area contributed by atoms with Gasteiger partial charge in [-0.3, -0.25) is 0 Å². The molecule has 0 radical (unpaired) electrons. The summed E-state index contributed by atoms with van der Waals surface area (Å²) in [5, 5.41) is 3.78. The van der Waals surface area contributed by atoms with Crippen molar-refractivity contribution in [1.82, 2.24) is 0 Å². The summed E-state index contributed by atoms with van der Waals surface area (Å²) in [6, 6.07) is 18.9. The molecule has 1 atom stereocenters. The van der Waals surface area contributed by atoms with E-state index in [4.69, 9.17) is 14.3 Å². The molecular formula is C22H15F4NO3. The van der Waals surface area contributed by atoms with Gasteiger partial charge < -0.3 is 14.3 Å². The Morgan fingerprint density at radius 2 is 1.50 bits per heavy atom. The van der Waals surface area contributed by atoms with E-state index >= 15 is 0 Å². The van der Waals surface area contributed by atoms with Gasteiger partial charge in [-0.2, -0.15) is 13.2 Å². The van der Waals surface area contributed by atoms with Crippen molar-refractivity contribution in [2.75, 3.05) is 0 Å². The standard InChI is InChI=1S/C22H15F4NO3/c23-19-11-10-17(12-18(19)22(24,25)26)29-21-13-20(30-27-21)14-6-8-16(9-7-14)28-15-4-2-1-3-5-15/h1-12,20H,13H2/t20-/m1/s1. The van der Waals surface area contributed by atoms with Crippen LogP contribution in [0, 0.1) is 5.82 Å². The second-order valence-corrected chi connectivity index (χ2v) is 6.51.